The SMILES string of the molecule is CC(C)c1ccc(CSc2nnc(SCC(=O)N(CC#N)c3ccccc3)s2)cc1. The number of nitrogens with zero attached hydrogens (tertiary/aromatic N) is 4. The maximum absolute atomic E-state index is 12.6. The number of anilines is 1. The number of para-hydroxylation sites is 1. The van der Waals surface area contributed by atoms with E-state index in [-0.39, 0.29) is 18.2 Å². The molecule has 2 aromatic carbocycles. The van der Waals surface area contributed by atoms with Gasteiger partial charge in [-0.05, 0) is 29.2 Å². The third-order valence-electron chi connectivity index (χ3n) is 4.31. The highest BCUT2D eigenvalue weighted by atomic mass is 32.2. The molecule has 0 aliphatic rings. The Bertz CT molecular complexity index is 997. The quantitative estimate of drug-likeness (QED) is 0.309. The molecule has 0 aliphatic heterocycles. The van der Waals surface area contributed by atoms with E-state index < -0.39 is 0 Å². The number of hydrogen-bond acceptors (Lipinski definition) is 7. The summed E-state index contributed by atoms with van der Waals surface area (Å²) in [7, 11) is 0. The number of thioether (sulfide) groups is 2. The van der Waals surface area contributed by atoms with E-state index in [1.807, 2.05) is 30.3 Å². The van der Waals surface area contributed by atoms with Crippen LogP contribution in [-0.4, -0.2) is 28.4 Å². The summed E-state index contributed by atoms with van der Waals surface area (Å²) >= 11 is 4.49. The lowest BCUT2D eigenvalue weighted by Crippen LogP contribution is -2.32. The summed E-state index contributed by atoms with van der Waals surface area (Å²) in [4.78, 5) is 14.1. The minimum Gasteiger partial charge on any atom is -0.298 e. The van der Waals surface area contributed by atoms with Gasteiger partial charge in [-0.25, -0.2) is 0 Å². The van der Waals surface area contributed by atoms with Crippen LogP contribution in [-0.2, 0) is 10.5 Å². The molecule has 0 bridgehead atoms. The van der Waals surface area contributed by atoms with E-state index in [1.165, 1.54) is 39.1 Å². The first-order valence-corrected chi connectivity index (χ1v) is 12.3. The summed E-state index contributed by atoms with van der Waals surface area (Å²) in [5.74, 6) is 1.46. The number of amides is 1. The summed E-state index contributed by atoms with van der Waals surface area (Å²) in [5.41, 5.74) is 3.31. The number of hydrogen-bond donors (Lipinski definition) is 0. The van der Waals surface area contributed by atoms with Crippen LogP contribution in [0, 0.1) is 11.3 Å². The molecule has 0 fully saturated rings. The van der Waals surface area contributed by atoms with Gasteiger partial charge in [0.2, 0.25) is 5.91 Å². The predicted octanol–water partition coefficient (Wildman–Crippen LogP) is 5.60. The van der Waals surface area contributed by atoms with Crippen LogP contribution in [0.25, 0.3) is 0 Å². The van der Waals surface area contributed by atoms with Crippen molar-refractivity contribution in [2.75, 3.05) is 17.2 Å². The molecule has 0 N–H and O–H groups in total. The number of carbonyl (C=O) groups excluding carboxylic acids is 1. The van der Waals surface area contributed by atoms with E-state index >= 15 is 0 Å². The van der Waals surface area contributed by atoms with E-state index in [0.717, 1.165) is 20.1 Å². The average Bonchev–Trinajstić information content (AvgIpc) is 3.23. The van der Waals surface area contributed by atoms with Crippen LogP contribution < -0.4 is 4.90 Å². The first-order chi connectivity index (χ1) is 14.6. The van der Waals surface area contributed by atoms with Gasteiger partial charge in [-0.15, -0.1) is 10.2 Å². The number of carbonyl (C=O) groups is 1. The van der Waals surface area contributed by atoms with Crippen molar-refractivity contribution in [1.29, 1.82) is 5.26 Å². The molecule has 0 unspecified atom stereocenters. The highest BCUT2D eigenvalue weighted by Gasteiger charge is 2.17. The van der Waals surface area contributed by atoms with Gasteiger partial charge in [0.05, 0.1) is 11.8 Å². The smallest absolute Gasteiger partial charge is 0.238 e. The molecule has 0 aliphatic carbocycles. The molecule has 3 aromatic rings. The topological polar surface area (TPSA) is 69.9 Å². The van der Waals surface area contributed by atoms with Crippen LogP contribution >= 0.6 is 34.9 Å². The van der Waals surface area contributed by atoms with Gasteiger partial charge in [-0.3, -0.25) is 9.69 Å². The number of nitriles is 1. The number of aromatic nitrogens is 2. The minimum atomic E-state index is -0.123. The Morgan fingerprint density at radius 2 is 1.73 bits per heavy atom. The fourth-order valence-electron chi connectivity index (χ4n) is 2.66. The largest absolute Gasteiger partial charge is 0.298 e. The first-order valence-electron chi connectivity index (χ1n) is 9.47. The van der Waals surface area contributed by atoms with Gasteiger partial charge in [0, 0.05) is 11.4 Å². The highest BCUT2D eigenvalue weighted by Crippen LogP contribution is 2.31. The van der Waals surface area contributed by atoms with E-state index in [0.29, 0.717) is 5.92 Å². The maximum Gasteiger partial charge on any atom is 0.238 e. The molecular weight excluding hydrogens is 432 g/mol. The Morgan fingerprint density at radius 3 is 2.37 bits per heavy atom. The Hall–Kier alpha value is -2.34. The van der Waals surface area contributed by atoms with Crippen molar-refractivity contribution in [3.05, 3.63) is 65.7 Å². The molecule has 0 atom stereocenters. The Morgan fingerprint density at radius 1 is 1.07 bits per heavy atom. The zero-order valence-electron chi connectivity index (χ0n) is 16.8. The van der Waals surface area contributed by atoms with E-state index in [4.69, 9.17) is 5.26 Å². The van der Waals surface area contributed by atoms with Crippen molar-refractivity contribution in [3.63, 3.8) is 0 Å². The number of benzene rings is 2. The third kappa shape index (κ3) is 6.33. The highest BCUT2D eigenvalue weighted by molar-refractivity contribution is 8.03. The van der Waals surface area contributed by atoms with Gasteiger partial charge >= 0.3 is 0 Å². The van der Waals surface area contributed by atoms with Gasteiger partial charge in [-0.1, -0.05) is 91.2 Å². The van der Waals surface area contributed by atoms with Crippen LogP contribution in [0.4, 0.5) is 5.69 Å². The van der Waals surface area contributed by atoms with Crippen molar-refractivity contribution in [2.45, 2.75) is 34.2 Å². The van der Waals surface area contributed by atoms with Gasteiger partial charge in [-0.2, -0.15) is 5.26 Å². The normalized spacial score (nSPS) is 10.7. The van der Waals surface area contributed by atoms with Crippen LogP contribution in [0.3, 0.4) is 0 Å². The van der Waals surface area contributed by atoms with Crippen molar-refractivity contribution in [3.8, 4) is 6.07 Å². The molecule has 1 aromatic heterocycles. The molecule has 0 spiro atoms. The molecule has 0 saturated carbocycles. The van der Waals surface area contributed by atoms with E-state index in [2.05, 4.69) is 54.4 Å². The lowest BCUT2D eigenvalue weighted by atomic mass is 10.0. The summed E-state index contributed by atoms with van der Waals surface area (Å²) in [6.45, 7) is 4.40. The summed E-state index contributed by atoms with van der Waals surface area (Å²) < 4.78 is 1.64. The molecule has 5 nitrogen and oxygen atoms in total. The molecule has 154 valence electrons. The summed E-state index contributed by atoms with van der Waals surface area (Å²) in [5, 5.41) is 17.5. The second kappa shape index (κ2) is 11.2. The second-order valence-electron chi connectivity index (χ2n) is 6.78. The van der Waals surface area contributed by atoms with Crippen molar-refractivity contribution in [1.82, 2.24) is 10.2 Å². The predicted molar refractivity (Wildman–Crippen MR) is 125 cm³/mol. The fourth-order valence-corrected chi connectivity index (χ4v) is 5.51. The van der Waals surface area contributed by atoms with Crippen molar-refractivity contribution < 1.29 is 4.79 Å². The maximum atomic E-state index is 12.6. The van der Waals surface area contributed by atoms with Crippen LogP contribution in [0.15, 0.2) is 63.3 Å². The molecule has 3 rings (SSSR count). The van der Waals surface area contributed by atoms with Gasteiger partial charge in [0.25, 0.3) is 0 Å². The van der Waals surface area contributed by atoms with Crippen LogP contribution in [0.1, 0.15) is 30.9 Å². The second-order valence-corrected chi connectivity index (χ2v) is 10.2. The molecule has 0 saturated heterocycles. The van der Waals surface area contributed by atoms with Crippen LogP contribution in [0.5, 0.6) is 0 Å². The van der Waals surface area contributed by atoms with Gasteiger partial charge < -0.3 is 0 Å². The van der Waals surface area contributed by atoms with Gasteiger partial charge in [0.1, 0.15) is 6.54 Å². The van der Waals surface area contributed by atoms with Crippen LogP contribution in [0.2, 0.25) is 0 Å². The zero-order valence-corrected chi connectivity index (χ0v) is 19.3. The molecule has 1 heterocycles. The Labute approximate surface area is 189 Å². The molecular formula is C22H22N4OS3. The summed E-state index contributed by atoms with van der Waals surface area (Å²) in [6.07, 6.45) is 0. The lowest BCUT2D eigenvalue weighted by Gasteiger charge is -2.19. The third-order valence-corrected chi connectivity index (χ3v) is 7.56. The number of rotatable bonds is 9. The average molecular weight is 455 g/mol. The minimum absolute atomic E-state index is 0.0240. The van der Waals surface area contributed by atoms with Crippen molar-refractivity contribution in [2.24, 2.45) is 0 Å². The van der Waals surface area contributed by atoms with Gasteiger partial charge in [0.15, 0.2) is 8.68 Å². The fraction of sp³-hybridized carbons (Fsp3) is 0.273. The Balaban J connectivity index is 1.52. The van der Waals surface area contributed by atoms with E-state index in [1.54, 1.807) is 11.8 Å². The monoisotopic (exact) mass is 454 g/mol. The summed E-state index contributed by atoms with van der Waals surface area (Å²) in [6, 6.07) is 20.0. The standard InChI is InChI=1S/C22H22N4OS3/c1-16(2)18-10-8-17(9-11-18)14-28-21-24-25-22(30-21)29-15-20(27)26(13-12-23)19-6-4-3-5-7-19/h3-11,16H,13-15H2,1-2H3. The van der Waals surface area contributed by atoms with Crippen molar-refractivity contribution >= 4 is 46.5 Å². The molecule has 30 heavy (non-hydrogen) atoms. The lowest BCUT2D eigenvalue weighted by molar-refractivity contribution is -0.116. The van der Waals surface area contributed by atoms with E-state index in [9.17, 15) is 4.79 Å². The Kier molecular flexibility index (Phi) is 8.31. The molecule has 0 radical (unpaired) electrons. The molecule has 8 heteroatoms. The zero-order chi connectivity index (χ0) is 21.3. The first kappa shape index (κ1) is 22.3. The molecule has 1 amide bonds.